The number of hydrogen-bond acceptors (Lipinski definition) is 4. The van der Waals surface area contributed by atoms with Gasteiger partial charge in [0.25, 0.3) is 10.2 Å². The van der Waals surface area contributed by atoms with Crippen LogP contribution in [0.4, 0.5) is 0 Å². The fourth-order valence-corrected chi connectivity index (χ4v) is 5.28. The van der Waals surface area contributed by atoms with E-state index >= 15 is 0 Å². The lowest BCUT2D eigenvalue weighted by atomic mass is 10.0. The predicted octanol–water partition coefficient (Wildman–Crippen LogP) is 2.54. The van der Waals surface area contributed by atoms with E-state index in [4.69, 9.17) is 4.74 Å². The first kappa shape index (κ1) is 19.6. The second-order valence-electron chi connectivity index (χ2n) is 7.17. The number of hydrogen-bond donors (Lipinski definition) is 1. The van der Waals surface area contributed by atoms with Gasteiger partial charge in [-0.05, 0) is 44.8 Å². The molecule has 2 heterocycles. The van der Waals surface area contributed by atoms with Gasteiger partial charge in [-0.25, -0.2) is 4.72 Å². The topological polar surface area (TPSA) is 61.9 Å². The highest BCUT2D eigenvalue weighted by Gasteiger charge is 2.29. The highest BCUT2D eigenvalue weighted by atomic mass is 32.2. The van der Waals surface area contributed by atoms with Crippen LogP contribution in [0.1, 0.15) is 50.1 Å². The molecule has 3 rings (SSSR count). The SMILES string of the molecule is COc1ccccc1C(CNS(=O)(=O)N1CCCCC1)N1CCCCC1. The summed E-state index contributed by atoms with van der Waals surface area (Å²) >= 11 is 0. The van der Waals surface area contributed by atoms with Gasteiger partial charge in [0, 0.05) is 25.2 Å². The van der Waals surface area contributed by atoms with Gasteiger partial charge in [0.05, 0.1) is 13.2 Å². The number of nitrogens with zero attached hydrogens (tertiary/aromatic N) is 2. The zero-order valence-corrected chi connectivity index (χ0v) is 16.5. The molecule has 1 aromatic rings. The van der Waals surface area contributed by atoms with Crippen LogP contribution in [0.5, 0.6) is 5.75 Å². The Kier molecular flexibility index (Phi) is 6.92. The zero-order valence-electron chi connectivity index (χ0n) is 15.7. The molecule has 0 spiro atoms. The van der Waals surface area contributed by atoms with Crippen molar-refractivity contribution >= 4 is 10.2 Å². The zero-order chi connectivity index (χ0) is 18.4. The maximum atomic E-state index is 12.7. The van der Waals surface area contributed by atoms with E-state index in [-0.39, 0.29) is 6.04 Å². The van der Waals surface area contributed by atoms with Gasteiger partial charge in [0.2, 0.25) is 0 Å². The van der Waals surface area contributed by atoms with Crippen molar-refractivity contribution in [1.29, 1.82) is 0 Å². The van der Waals surface area contributed by atoms with Crippen LogP contribution < -0.4 is 9.46 Å². The van der Waals surface area contributed by atoms with Crippen LogP contribution in [0.3, 0.4) is 0 Å². The Labute approximate surface area is 157 Å². The highest BCUT2D eigenvalue weighted by molar-refractivity contribution is 7.87. The van der Waals surface area contributed by atoms with E-state index in [0.717, 1.165) is 56.5 Å². The lowest BCUT2D eigenvalue weighted by molar-refractivity contribution is 0.161. The standard InChI is InChI=1S/C19H31N3O3S/c1-25-19-11-5-4-10-17(19)18(21-12-6-2-7-13-21)16-20-26(23,24)22-14-8-3-9-15-22/h4-5,10-11,18,20H,2-3,6-9,12-16H2,1H3. The molecule has 1 N–H and O–H groups in total. The summed E-state index contributed by atoms with van der Waals surface area (Å²) in [6.45, 7) is 3.61. The normalized spacial score (nSPS) is 21.4. The van der Waals surface area contributed by atoms with Crippen molar-refractivity contribution in [2.45, 2.75) is 44.6 Å². The third-order valence-electron chi connectivity index (χ3n) is 5.44. The molecule has 7 heteroatoms. The van der Waals surface area contributed by atoms with Gasteiger partial charge in [-0.2, -0.15) is 12.7 Å². The summed E-state index contributed by atoms with van der Waals surface area (Å²) in [5, 5.41) is 0. The molecule has 146 valence electrons. The summed E-state index contributed by atoms with van der Waals surface area (Å²) < 4.78 is 35.5. The summed E-state index contributed by atoms with van der Waals surface area (Å²) in [5.74, 6) is 0.820. The van der Waals surface area contributed by atoms with Crippen molar-refractivity contribution in [3.8, 4) is 5.75 Å². The first-order chi connectivity index (χ1) is 12.6. The Balaban J connectivity index is 1.77. The second kappa shape index (κ2) is 9.17. The van der Waals surface area contributed by atoms with Crippen LogP contribution in [0, 0.1) is 0 Å². The van der Waals surface area contributed by atoms with E-state index in [1.165, 1.54) is 6.42 Å². The Hall–Kier alpha value is -1.15. The van der Waals surface area contributed by atoms with Gasteiger partial charge in [-0.3, -0.25) is 4.90 Å². The molecule has 1 atom stereocenters. The van der Waals surface area contributed by atoms with Crippen LogP contribution in [0.15, 0.2) is 24.3 Å². The molecular weight excluding hydrogens is 350 g/mol. The van der Waals surface area contributed by atoms with Gasteiger partial charge >= 0.3 is 0 Å². The van der Waals surface area contributed by atoms with Crippen molar-refractivity contribution in [3.63, 3.8) is 0 Å². The number of methoxy groups -OCH3 is 1. The summed E-state index contributed by atoms with van der Waals surface area (Å²) in [6.07, 6.45) is 6.57. The van der Waals surface area contributed by atoms with E-state index < -0.39 is 10.2 Å². The van der Waals surface area contributed by atoms with E-state index in [2.05, 4.69) is 9.62 Å². The van der Waals surface area contributed by atoms with Gasteiger partial charge < -0.3 is 4.74 Å². The summed E-state index contributed by atoms with van der Waals surface area (Å²) in [4.78, 5) is 2.39. The first-order valence-corrected chi connectivity index (χ1v) is 11.2. The lowest BCUT2D eigenvalue weighted by Crippen LogP contribution is -2.47. The van der Waals surface area contributed by atoms with Crippen LogP contribution in [-0.4, -0.2) is 57.5 Å². The largest absolute Gasteiger partial charge is 0.496 e. The number of likely N-dealkylation sites (tertiary alicyclic amines) is 1. The molecule has 1 unspecified atom stereocenters. The molecule has 2 fully saturated rings. The van der Waals surface area contributed by atoms with E-state index in [0.29, 0.717) is 19.6 Å². The second-order valence-corrected chi connectivity index (χ2v) is 8.92. The molecule has 0 aromatic heterocycles. The minimum atomic E-state index is -3.43. The number of nitrogens with one attached hydrogen (secondary N) is 1. The Morgan fingerprint density at radius 1 is 1.00 bits per heavy atom. The molecule has 0 amide bonds. The minimum Gasteiger partial charge on any atom is -0.496 e. The van der Waals surface area contributed by atoms with Crippen molar-refractivity contribution in [3.05, 3.63) is 29.8 Å². The fourth-order valence-electron chi connectivity index (χ4n) is 3.99. The number of para-hydroxylation sites is 1. The quantitative estimate of drug-likeness (QED) is 0.788. The van der Waals surface area contributed by atoms with Gasteiger partial charge in [-0.1, -0.05) is 31.0 Å². The minimum absolute atomic E-state index is 0.00832. The molecule has 2 aliphatic rings. The number of benzene rings is 1. The van der Waals surface area contributed by atoms with Crippen LogP contribution >= 0.6 is 0 Å². The Bertz CT molecular complexity index is 668. The van der Waals surface area contributed by atoms with E-state index in [1.54, 1.807) is 11.4 Å². The van der Waals surface area contributed by atoms with Gasteiger partial charge in [0.15, 0.2) is 0 Å². The smallest absolute Gasteiger partial charge is 0.279 e. The Morgan fingerprint density at radius 2 is 1.62 bits per heavy atom. The summed E-state index contributed by atoms with van der Waals surface area (Å²) in [6, 6.07) is 7.94. The summed E-state index contributed by atoms with van der Waals surface area (Å²) in [5.41, 5.74) is 1.05. The number of ether oxygens (including phenoxy) is 1. The molecule has 2 saturated heterocycles. The number of rotatable bonds is 7. The lowest BCUT2D eigenvalue weighted by Gasteiger charge is -2.36. The predicted molar refractivity (Wildman–Crippen MR) is 104 cm³/mol. The van der Waals surface area contributed by atoms with Gasteiger partial charge in [-0.15, -0.1) is 0 Å². The van der Waals surface area contributed by atoms with Crippen LogP contribution in [-0.2, 0) is 10.2 Å². The van der Waals surface area contributed by atoms with Crippen molar-refractivity contribution in [2.24, 2.45) is 0 Å². The van der Waals surface area contributed by atoms with Crippen molar-refractivity contribution in [2.75, 3.05) is 39.8 Å². The van der Waals surface area contributed by atoms with Crippen LogP contribution in [0.25, 0.3) is 0 Å². The van der Waals surface area contributed by atoms with Gasteiger partial charge in [0.1, 0.15) is 5.75 Å². The summed E-state index contributed by atoms with van der Waals surface area (Å²) in [7, 11) is -1.76. The fraction of sp³-hybridized carbons (Fsp3) is 0.684. The molecule has 1 aromatic carbocycles. The molecule has 0 aliphatic carbocycles. The highest BCUT2D eigenvalue weighted by Crippen LogP contribution is 2.31. The molecular formula is C19H31N3O3S. The average molecular weight is 382 g/mol. The van der Waals surface area contributed by atoms with Crippen molar-refractivity contribution in [1.82, 2.24) is 13.9 Å². The molecule has 0 radical (unpaired) electrons. The Morgan fingerprint density at radius 3 is 2.27 bits per heavy atom. The molecule has 6 nitrogen and oxygen atoms in total. The van der Waals surface area contributed by atoms with E-state index in [9.17, 15) is 8.42 Å². The number of piperidine rings is 2. The molecule has 0 saturated carbocycles. The third kappa shape index (κ3) is 4.76. The average Bonchev–Trinajstić information content (AvgIpc) is 2.70. The van der Waals surface area contributed by atoms with Crippen LogP contribution in [0.2, 0.25) is 0 Å². The third-order valence-corrected chi connectivity index (χ3v) is 7.02. The van der Waals surface area contributed by atoms with Crippen molar-refractivity contribution < 1.29 is 13.2 Å². The molecule has 26 heavy (non-hydrogen) atoms. The molecule has 0 bridgehead atoms. The monoisotopic (exact) mass is 381 g/mol. The maximum Gasteiger partial charge on any atom is 0.279 e. The van der Waals surface area contributed by atoms with E-state index in [1.807, 2.05) is 24.3 Å². The first-order valence-electron chi connectivity index (χ1n) is 9.73. The maximum absolute atomic E-state index is 12.7. The molecule has 2 aliphatic heterocycles.